The minimum atomic E-state index is -1.25. The van der Waals surface area contributed by atoms with Crippen LogP contribution in [0.4, 0.5) is 0 Å². The van der Waals surface area contributed by atoms with E-state index in [1.165, 1.54) is 0 Å². The van der Waals surface area contributed by atoms with E-state index in [0.29, 0.717) is 13.2 Å². The van der Waals surface area contributed by atoms with Crippen molar-refractivity contribution in [1.29, 1.82) is 0 Å². The van der Waals surface area contributed by atoms with Gasteiger partial charge in [0, 0.05) is 0 Å². The van der Waals surface area contributed by atoms with Gasteiger partial charge in [-0.2, -0.15) is 0 Å². The van der Waals surface area contributed by atoms with E-state index in [0.717, 1.165) is 11.1 Å². The molecule has 6 nitrogen and oxygen atoms in total. The Labute approximate surface area is 171 Å². The molecule has 2 aromatic rings. The summed E-state index contributed by atoms with van der Waals surface area (Å²) in [6, 6.07) is 19.4. The summed E-state index contributed by atoms with van der Waals surface area (Å²) in [6.45, 7) is 4.21. The minimum Gasteiger partial charge on any atom is -0.394 e. The minimum absolute atomic E-state index is 0.228. The molecule has 1 aliphatic heterocycles. The van der Waals surface area contributed by atoms with E-state index in [9.17, 15) is 10.2 Å². The summed E-state index contributed by atoms with van der Waals surface area (Å²) in [5, 5.41) is 20.3. The van der Waals surface area contributed by atoms with Gasteiger partial charge in [0.15, 0.2) is 6.29 Å². The van der Waals surface area contributed by atoms with Gasteiger partial charge in [0.05, 0.1) is 26.4 Å². The number of aliphatic hydroxyl groups is 2. The number of benzene rings is 2. The molecule has 1 saturated heterocycles. The van der Waals surface area contributed by atoms with Gasteiger partial charge in [0.1, 0.15) is 24.4 Å². The van der Waals surface area contributed by atoms with Crippen molar-refractivity contribution in [3.63, 3.8) is 0 Å². The maximum Gasteiger partial charge on any atom is 0.184 e. The third kappa shape index (κ3) is 5.96. The molecule has 3 rings (SSSR count). The fourth-order valence-electron chi connectivity index (χ4n) is 3.32. The van der Waals surface area contributed by atoms with Crippen LogP contribution in [0.2, 0.25) is 0 Å². The molecule has 29 heavy (non-hydrogen) atoms. The second kappa shape index (κ2) is 11.2. The van der Waals surface area contributed by atoms with Crippen LogP contribution in [0.3, 0.4) is 0 Å². The van der Waals surface area contributed by atoms with E-state index in [4.69, 9.17) is 18.9 Å². The van der Waals surface area contributed by atoms with Crippen LogP contribution in [-0.4, -0.2) is 54.1 Å². The summed E-state index contributed by atoms with van der Waals surface area (Å²) in [5.41, 5.74) is 1.97. The molecule has 1 unspecified atom stereocenters. The van der Waals surface area contributed by atoms with Crippen LogP contribution in [0.5, 0.6) is 0 Å². The van der Waals surface area contributed by atoms with Gasteiger partial charge in [0.25, 0.3) is 0 Å². The summed E-state index contributed by atoms with van der Waals surface area (Å²) in [4.78, 5) is 0. The van der Waals surface area contributed by atoms with Crippen molar-refractivity contribution in [2.75, 3.05) is 13.2 Å². The zero-order valence-corrected chi connectivity index (χ0v) is 16.3. The predicted molar refractivity (Wildman–Crippen MR) is 108 cm³/mol. The molecule has 6 heteroatoms. The highest BCUT2D eigenvalue weighted by atomic mass is 16.7. The van der Waals surface area contributed by atoms with Crippen molar-refractivity contribution < 1.29 is 29.2 Å². The summed E-state index contributed by atoms with van der Waals surface area (Å²) >= 11 is 0. The van der Waals surface area contributed by atoms with Crippen LogP contribution < -0.4 is 0 Å². The van der Waals surface area contributed by atoms with Crippen molar-refractivity contribution in [2.45, 2.75) is 43.9 Å². The van der Waals surface area contributed by atoms with E-state index in [-0.39, 0.29) is 13.2 Å². The quantitative estimate of drug-likeness (QED) is 0.597. The van der Waals surface area contributed by atoms with Crippen LogP contribution in [0, 0.1) is 0 Å². The van der Waals surface area contributed by atoms with E-state index >= 15 is 0 Å². The number of ether oxygens (including phenoxy) is 4. The van der Waals surface area contributed by atoms with Crippen LogP contribution >= 0.6 is 0 Å². The zero-order chi connectivity index (χ0) is 20.5. The first-order valence-electron chi connectivity index (χ1n) is 9.71. The van der Waals surface area contributed by atoms with Gasteiger partial charge < -0.3 is 29.2 Å². The molecule has 0 spiro atoms. The van der Waals surface area contributed by atoms with E-state index in [1.54, 1.807) is 6.08 Å². The predicted octanol–water partition coefficient (Wildman–Crippen LogP) is 2.44. The Morgan fingerprint density at radius 2 is 1.38 bits per heavy atom. The van der Waals surface area contributed by atoms with Gasteiger partial charge in [-0.05, 0) is 11.1 Å². The summed E-state index contributed by atoms with van der Waals surface area (Å²) < 4.78 is 23.6. The Morgan fingerprint density at radius 3 is 1.90 bits per heavy atom. The van der Waals surface area contributed by atoms with Gasteiger partial charge in [-0.15, -0.1) is 6.58 Å². The number of hydrogen-bond acceptors (Lipinski definition) is 6. The molecule has 2 N–H and O–H groups in total. The second-order valence-corrected chi connectivity index (χ2v) is 6.86. The van der Waals surface area contributed by atoms with Crippen LogP contribution in [-0.2, 0) is 32.2 Å². The molecule has 0 aromatic heterocycles. The first kappa shape index (κ1) is 21.6. The molecule has 0 saturated carbocycles. The number of rotatable bonds is 10. The third-order valence-corrected chi connectivity index (χ3v) is 4.77. The Hall–Kier alpha value is -2.06. The lowest BCUT2D eigenvalue weighted by Crippen LogP contribution is -2.61. The maximum atomic E-state index is 10.4. The van der Waals surface area contributed by atoms with E-state index < -0.39 is 30.7 Å². The first-order chi connectivity index (χ1) is 14.2. The van der Waals surface area contributed by atoms with Gasteiger partial charge >= 0.3 is 0 Å². The van der Waals surface area contributed by atoms with Crippen LogP contribution in [0.15, 0.2) is 73.3 Å². The average Bonchev–Trinajstić information content (AvgIpc) is 2.77. The van der Waals surface area contributed by atoms with Gasteiger partial charge in [-0.3, -0.25) is 0 Å². The highest BCUT2D eigenvalue weighted by molar-refractivity contribution is 5.14. The molecular formula is C23H28O6. The van der Waals surface area contributed by atoms with Gasteiger partial charge in [0.2, 0.25) is 0 Å². The fraction of sp³-hybridized carbons (Fsp3) is 0.391. The lowest BCUT2D eigenvalue weighted by Gasteiger charge is -2.44. The molecule has 5 atom stereocenters. The fourth-order valence-corrected chi connectivity index (χ4v) is 3.32. The molecule has 1 aliphatic rings. The first-order valence-corrected chi connectivity index (χ1v) is 9.71. The topological polar surface area (TPSA) is 77.4 Å². The Balaban J connectivity index is 1.78. The Kier molecular flexibility index (Phi) is 8.37. The molecule has 1 fully saturated rings. The van der Waals surface area contributed by atoms with E-state index in [2.05, 4.69) is 6.58 Å². The molecule has 0 aliphatic carbocycles. The molecule has 2 aromatic carbocycles. The Bertz CT molecular complexity index is 723. The highest BCUT2D eigenvalue weighted by Gasteiger charge is 2.47. The molecule has 0 radical (unpaired) electrons. The highest BCUT2D eigenvalue weighted by Crippen LogP contribution is 2.28. The molecule has 1 heterocycles. The number of aliphatic hydroxyl groups excluding tert-OH is 2. The summed E-state index contributed by atoms with van der Waals surface area (Å²) in [6.07, 6.45) is -2.43. The van der Waals surface area contributed by atoms with Gasteiger partial charge in [-0.1, -0.05) is 66.7 Å². The smallest absolute Gasteiger partial charge is 0.184 e. The van der Waals surface area contributed by atoms with Crippen molar-refractivity contribution in [3.8, 4) is 0 Å². The summed E-state index contributed by atoms with van der Waals surface area (Å²) in [7, 11) is 0. The van der Waals surface area contributed by atoms with Crippen molar-refractivity contribution >= 4 is 0 Å². The normalized spacial score (nSPS) is 26.9. The van der Waals surface area contributed by atoms with Gasteiger partial charge in [-0.25, -0.2) is 0 Å². The summed E-state index contributed by atoms with van der Waals surface area (Å²) in [5.74, 6) is 0. The van der Waals surface area contributed by atoms with E-state index in [1.807, 2.05) is 60.7 Å². The monoisotopic (exact) mass is 400 g/mol. The zero-order valence-electron chi connectivity index (χ0n) is 16.3. The van der Waals surface area contributed by atoms with Crippen molar-refractivity contribution in [3.05, 3.63) is 84.4 Å². The standard InChI is InChI=1S/C23H28O6/c1-2-13-26-22-21(28-16-18-11-7-4-8-12-18)20(19(14-24)29-23(22)25)27-15-17-9-5-3-6-10-17/h2-12,19-25H,1,13-16H2/t19?,20-,21-,22-,23+/m1/s1. The maximum absolute atomic E-state index is 10.4. The average molecular weight is 400 g/mol. The molecule has 0 bridgehead atoms. The lowest BCUT2D eigenvalue weighted by atomic mass is 9.98. The van der Waals surface area contributed by atoms with Crippen molar-refractivity contribution in [2.24, 2.45) is 0 Å². The van der Waals surface area contributed by atoms with Crippen LogP contribution in [0.1, 0.15) is 11.1 Å². The SMILES string of the molecule is C=CCO[C@@H]1[C@H](OCc2ccccc2)[C@H](OCc2ccccc2)C(CO)O[C@@H]1O. The lowest BCUT2D eigenvalue weighted by molar-refractivity contribution is -0.312. The van der Waals surface area contributed by atoms with Crippen molar-refractivity contribution in [1.82, 2.24) is 0 Å². The molecule has 156 valence electrons. The number of hydrogen-bond donors (Lipinski definition) is 2. The Morgan fingerprint density at radius 1 is 0.828 bits per heavy atom. The molecule has 0 amide bonds. The largest absolute Gasteiger partial charge is 0.394 e. The molecular weight excluding hydrogens is 372 g/mol. The second-order valence-electron chi connectivity index (χ2n) is 6.86. The van der Waals surface area contributed by atoms with Crippen LogP contribution in [0.25, 0.3) is 0 Å². The third-order valence-electron chi connectivity index (χ3n) is 4.77.